The van der Waals surface area contributed by atoms with Crippen LogP contribution in [0.2, 0.25) is 5.02 Å². The molecule has 0 fully saturated rings. The molecule has 164 valence electrons. The highest BCUT2D eigenvalue weighted by molar-refractivity contribution is 6.34. The SMILES string of the molecule is CC(C)(C)CC(=O)Nc1c(Cl)cc(N2C=C3CCC(F)C=C3CC2)cc1C(F)(F)F. The zero-order chi connectivity index (χ0) is 22.3. The maximum absolute atomic E-state index is 13.8. The standard InChI is InChI=1S/C22H25ClF4N2O/c1-21(2,3)11-19(30)28-20-17(22(25,26)27)9-16(10-18(20)23)29-7-6-13-8-15(24)5-4-14(13)12-29/h8-10,12,15H,4-7,11H2,1-3H3,(H,28,30). The first-order valence-corrected chi connectivity index (χ1v) is 10.2. The monoisotopic (exact) mass is 444 g/mol. The Hall–Kier alpha value is -2.02. The number of hydrogen-bond donors (Lipinski definition) is 1. The van der Waals surface area contributed by atoms with Crippen LogP contribution in [0.1, 0.15) is 52.0 Å². The van der Waals surface area contributed by atoms with E-state index in [2.05, 4.69) is 5.32 Å². The molecule has 1 aromatic carbocycles. The minimum atomic E-state index is -4.69. The summed E-state index contributed by atoms with van der Waals surface area (Å²) in [5, 5.41) is 2.17. The summed E-state index contributed by atoms with van der Waals surface area (Å²) < 4.78 is 54.9. The van der Waals surface area contributed by atoms with Crippen molar-refractivity contribution in [2.45, 2.75) is 58.8 Å². The van der Waals surface area contributed by atoms with Crippen LogP contribution in [0, 0.1) is 5.41 Å². The van der Waals surface area contributed by atoms with Gasteiger partial charge >= 0.3 is 6.18 Å². The second-order valence-electron chi connectivity index (χ2n) is 8.98. The van der Waals surface area contributed by atoms with E-state index in [0.717, 1.165) is 17.2 Å². The Morgan fingerprint density at radius 3 is 2.53 bits per heavy atom. The molecule has 1 atom stereocenters. The number of nitrogens with one attached hydrogen (secondary N) is 1. The van der Waals surface area contributed by atoms with E-state index in [9.17, 15) is 22.4 Å². The maximum Gasteiger partial charge on any atom is 0.418 e. The van der Waals surface area contributed by atoms with E-state index >= 15 is 0 Å². The molecule has 3 nitrogen and oxygen atoms in total. The molecule has 3 rings (SSSR count). The Labute approximate surface area is 178 Å². The third kappa shape index (κ3) is 5.36. The molecule has 0 spiro atoms. The normalized spacial score (nSPS) is 19.7. The fraction of sp³-hybridized carbons (Fsp3) is 0.500. The Bertz CT molecular complexity index is 900. The lowest BCUT2D eigenvalue weighted by atomic mass is 9.89. The van der Waals surface area contributed by atoms with Crippen LogP contribution in [0.4, 0.5) is 28.9 Å². The van der Waals surface area contributed by atoms with Gasteiger partial charge in [0.15, 0.2) is 0 Å². The zero-order valence-electron chi connectivity index (χ0n) is 17.2. The zero-order valence-corrected chi connectivity index (χ0v) is 17.9. The van der Waals surface area contributed by atoms with Crippen LogP contribution in [0.25, 0.3) is 0 Å². The van der Waals surface area contributed by atoms with E-state index in [1.165, 1.54) is 6.07 Å². The van der Waals surface area contributed by atoms with Gasteiger partial charge in [0.2, 0.25) is 5.91 Å². The number of benzene rings is 1. The second-order valence-corrected chi connectivity index (χ2v) is 9.39. The van der Waals surface area contributed by atoms with Gasteiger partial charge in [-0.3, -0.25) is 4.79 Å². The lowest BCUT2D eigenvalue weighted by molar-refractivity contribution is -0.136. The predicted octanol–water partition coefficient (Wildman–Crippen LogP) is 6.89. The number of halogens is 5. The average molecular weight is 445 g/mol. The van der Waals surface area contributed by atoms with Gasteiger partial charge in [-0.1, -0.05) is 32.4 Å². The van der Waals surface area contributed by atoms with E-state index < -0.39 is 29.5 Å². The first-order valence-electron chi connectivity index (χ1n) is 9.86. The molecule has 8 heteroatoms. The van der Waals surface area contributed by atoms with Crippen LogP contribution in [0.5, 0.6) is 0 Å². The van der Waals surface area contributed by atoms with Crippen molar-refractivity contribution < 1.29 is 22.4 Å². The van der Waals surface area contributed by atoms with Crippen LogP contribution in [-0.4, -0.2) is 18.6 Å². The molecule has 1 aromatic rings. The van der Waals surface area contributed by atoms with Gasteiger partial charge in [0.05, 0.1) is 16.3 Å². The molecular weight excluding hydrogens is 420 g/mol. The molecule has 1 aliphatic heterocycles. The van der Waals surface area contributed by atoms with Crippen LogP contribution < -0.4 is 10.2 Å². The van der Waals surface area contributed by atoms with Crippen molar-refractivity contribution in [3.05, 3.63) is 46.1 Å². The summed E-state index contributed by atoms with van der Waals surface area (Å²) in [5.74, 6) is -0.527. The number of fused-ring (bicyclic) bond motifs is 1. The summed E-state index contributed by atoms with van der Waals surface area (Å²) >= 11 is 6.21. The second kappa shape index (κ2) is 8.25. The first-order chi connectivity index (χ1) is 13.8. The van der Waals surface area contributed by atoms with Gasteiger partial charge in [0.1, 0.15) is 6.17 Å². The van der Waals surface area contributed by atoms with Crippen molar-refractivity contribution in [1.29, 1.82) is 0 Å². The third-order valence-electron chi connectivity index (χ3n) is 5.09. The molecule has 0 bridgehead atoms. The van der Waals surface area contributed by atoms with E-state index in [1.807, 2.05) is 20.8 Å². The molecular formula is C22H25ClF4N2O. The number of alkyl halides is 4. The highest BCUT2D eigenvalue weighted by Gasteiger charge is 2.36. The summed E-state index contributed by atoms with van der Waals surface area (Å²) in [6.45, 7) is 5.89. The summed E-state index contributed by atoms with van der Waals surface area (Å²) in [7, 11) is 0. The fourth-order valence-corrected chi connectivity index (χ4v) is 3.99. The molecule has 0 saturated carbocycles. The van der Waals surface area contributed by atoms with E-state index in [4.69, 9.17) is 11.6 Å². The quantitative estimate of drug-likeness (QED) is 0.515. The predicted molar refractivity (Wildman–Crippen MR) is 111 cm³/mol. The van der Waals surface area contributed by atoms with E-state index in [1.54, 1.807) is 17.2 Å². The summed E-state index contributed by atoms with van der Waals surface area (Å²) in [4.78, 5) is 13.9. The number of allylic oxidation sites excluding steroid dienone is 2. The van der Waals surface area contributed by atoms with Crippen molar-refractivity contribution in [3.8, 4) is 0 Å². The van der Waals surface area contributed by atoms with Crippen molar-refractivity contribution in [2.24, 2.45) is 5.41 Å². The number of carbonyl (C=O) groups is 1. The van der Waals surface area contributed by atoms with Crippen LogP contribution >= 0.6 is 11.6 Å². The number of hydrogen-bond acceptors (Lipinski definition) is 2. The van der Waals surface area contributed by atoms with Crippen LogP contribution in [0.15, 0.2) is 35.6 Å². The third-order valence-corrected chi connectivity index (χ3v) is 5.38. The van der Waals surface area contributed by atoms with Crippen molar-refractivity contribution in [1.82, 2.24) is 0 Å². The molecule has 30 heavy (non-hydrogen) atoms. The van der Waals surface area contributed by atoms with Gasteiger partial charge in [-0.25, -0.2) is 4.39 Å². The number of nitrogens with zero attached hydrogens (tertiary/aromatic N) is 1. The first kappa shape index (κ1) is 22.7. The van der Waals surface area contributed by atoms with E-state index in [-0.39, 0.29) is 22.5 Å². The summed E-state index contributed by atoms with van der Waals surface area (Å²) in [6, 6.07) is 2.43. The van der Waals surface area contributed by atoms with Gasteiger partial charge in [-0.2, -0.15) is 13.2 Å². The van der Waals surface area contributed by atoms with Gasteiger partial charge in [0.25, 0.3) is 0 Å². The number of carbonyl (C=O) groups excluding carboxylic acids is 1. The van der Waals surface area contributed by atoms with Gasteiger partial charge < -0.3 is 10.2 Å². The van der Waals surface area contributed by atoms with Crippen molar-refractivity contribution >= 4 is 28.9 Å². The Morgan fingerprint density at radius 1 is 1.20 bits per heavy atom. The maximum atomic E-state index is 13.8. The molecule has 1 unspecified atom stereocenters. The van der Waals surface area contributed by atoms with Crippen LogP contribution in [-0.2, 0) is 11.0 Å². The molecule has 0 aromatic heterocycles. The largest absolute Gasteiger partial charge is 0.418 e. The molecule has 0 radical (unpaired) electrons. The van der Waals surface area contributed by atoms with Gasteiger partial charge in [0, 0.05) is 24.9 Å². The lowest BCUT2D eigenvalue weighted by Gasteiger charge is -2.32. The summed E-state index contributed by atoms with van der Waals surface area (Å²) in [5.41, 5.74) is 0.346. The number of anilines is 2. The average Bonchev–Trinajstić information content (AvgIpc) is 2.60. The Morgan fingerprint density at radius 2 is 1.90 bits per heavy atom. The summed E-state index contributed by atoms with van der Waals surface area (Å²) in [6.07, 6.45) is -0.767. The number of rotatable bonds is 3. The highest BCUT2D eigenvalue weighted by atomic mass is 35.5. The molecule has 1 aliphatic carbocycles. The topological polar surface area (TPSA) is 32.3 Å². The van der Waals surface area contributed by atoms with Gasteiger partial charge in [-0.15, -0.1) is 0 Å². The fourth-order valence-electron chi connectivity index (χ4n) is 3.73. The van der Waals surface area contributed by atoms with E-state index in [0.29, 0.717) is 25.8 Å². The molecule has 1 heterocycles. The molecule has 0 saturated heterocycles. The van der Waals surface area contributed by atoms with Crippen molar-refractivity contribution in [3.63, 3.8) is 0 Å². The smallest absolute Gasteiger partial charge is 0.347 e. The highest BCUT2D eigenvalue weighted by Crippen LogP contribution is 2.43. The Kier molecular flexibility index (Phi) is 6.23. The molecule has 2 aliphatic rings. The van der Waals surface area contributed by atoms with Gasteiger partial charge in [-0.05, 0) is 54.0 Å². The number of amides is 1. The Balaban J connectivity index is 1.95. The van der Waals surface area contributed by atoms with Crippen LogP contribution in [0.3, 0.4) is 0 Å². The minimum absolute atomic E-state index is 0.0608. The molecule has 1 amide bonds. The minimum Gasteiger partial charge on any atom is -0.347 e. The lowest BCUT2D eigenvalue weighted by Crippen LogP contribution is -2.26. The van der Waals surface area contributed by atoms with Crippen molar-refractivity contribution in [2.75, 3.05) is 16.8 Å². The molecule has 1 N–H and O–H groups in total.